The molecule has 1 amide bonds. The highest BCUT2D eigenvalue weighted by Crippen LogP contribution is 2.18. The molecular formula is C11H11N5O2. The molecule has 0 radical (unpaired) electrons. The summed E-state index contributed by atoms with van der Waals surface area (Å²) in [4.78, 5) is 22.4. The quantitative estimate of drug-likeness (QED) is 0.796. The molecule has 1 heterocycles. The van der Waals surface area contributed by atoms with E-state index in [1.54, 1.807) is 24.3 Å². The lowest BCUT2D eigenvalue weighted by Crippen LogP contribution is -2.16. The lowest BCUT2D eigenvalue weighted by molar-refractivity contribution is -0.124. The van der Waals surface area contributed by atoms with E-state index >= 15 is 0 Å². The maximum absolute atomic E-state index is 11.6. The average molecular weight is 245 g/mol. The van der Waals surface area contributed by atoms with E-state index in [9.17, 15) is 9.59 Å². The van der Waals surface area contributed by atoms with Gasteiger partial charge >= 0.3 is 0 Å². The van der Waals surface area contributed by atoms with Gasteiger partial charge in [-0.1, -0.05) is 12.1 Å². The number of hydrogen-bond acceptors (Lipinski definition) is 5. The third kappa shape index (κ3) is 2.76. The van der Waals surface area contributed by atoms with Crippen molar-refractivity contribution in [3.63, 3.8) is 0 Å². The SMILES string of the molecule is CC(=O)CC(=O)Nc1ccccc1-n1cnnn1. The van der Waals surface area contributed by atoms with E-state index in [0.717, 1.165) is 0 Å². The summed E-state index contributed by atoms with van der Waals surface area (Å²) >= 11 is 0. The van der Waals surface area contributed by atoms with Crippen LogP contribution in [-0.2, 0) is 9.59 Å². The van der Waals surface area contributed by atoms with Crippen LogP contribution in [0.15, 0.2) is 30.6 Å². The summed E-state index contributed by atoms with van der Waals surface area (Å²) in [6, 6.07) is 7.06. The Labute approximate surface area is 103 Å². The van der Waals surface area contributed by atoms with Crippen molar-refractivity contribution < 1.29 is 9.59 Å². The van der Waals surface area contributed by atoms with Gasteiger partial charge in [0.25, 0.3) is 0 Å². The molecule has 2 rings (SSSR count). The number of anilines is 1. The average Bonchev–Trinajstić information content (AvgIpc) is 2.81. The minimum Gasteiger partial charge on any atom is -0.324 e. The highest BCUT2D eigenvalue weighted by atomic mass is 16.2. The number of benzene rings is 1. The van der Waals surface area contributed by atoms with Crippen LogP contribution < -0.4 is 5.32 Å². The van der Waals surface area contributed by atoms with Gasteiger partial charge in [0, 0.05) is 0 Å². The largest absolute Gasteiger partial charge is 0.324 e. The molecular weight excluding hydrogens is 234 g/mol. The Bertz CT molecular complexity index is 565. The van der Waals surface area contributed by atoms with Gasteiger partial charge in [-0.25, -0.2) is 0 Å². The van der Waals surface area contributed by atoms with E-state index in [0.29, 0.717) is 11.4 Å². The summed E-state index contributed by atoms with van der Waals surface area (Å²) in [6.07, 6.45) is 1.28. The first-order valence-corrected chi connectivity index (χ1v) is 5.28. The molecule has 0 unspecified atom stereocenters. The van der Waals surface area contributed by atoms with Gasteiger partial charge in [-0.2, -0.15) is 4.68 Å². The second-order valence-corrected chi connectivity index (χ2v) is 3.70. The van der Waals surface area contributed by atoms with E-state index in [2.05, 4.69) is 20.8 Å². The minimum atomic E-state index is -0.358. The van der Waals surface area contributed by atoms with Crippen LogP contribution in [0.5, 0.6) is 0 Å². The Morgan fingerprint density at radius 1 is 1.33 bits per heavy atom. The van der Waals surface area contributed by atoms with Crippen LogP contribution in [0.3, 0.4) is 0 Å². The molecule has 0 saturated heterocycles. The number of Topliss-reactive ketones (excluding diaryl/α,β-unsaturated/α-hetero) is 1. The van der Waals surface area contributed by atoms with Crippen molar-refractivity contribution in [3.05, 3.63) is 30.6 Å². The molecule has 1 aromatic carbocycles. The maximum Gasteiger partial charge on any atom is 0.231 e. The standard InChI is InChI=1S/C11H11N5O2/c1-8(17)6-11(18)13-9-4-2-3-5-10(9)16-7-12-14-15-16/h2-5,7H,6H2,1H3,(H,13,18). The summed E-state index contributed by atoms with van der Waals surface area (Å²) in [5, 5.41) is 13.5. The molecule has 0 aliphatic heterocycles. The van der Waals surface area contributed by atoms with Gasteiger partial charge in [-0.05, 0) is 29.5 Å². The van der Waals surface area contributed by atoms with Crippen LogP contribution in [0.1, 0.15) is 13.3 Å². The van der Waals surface area contributed by atoms with Gasteiger partial charge in [-0.15, -0.1) is 5.10 Å². The highest BCUT2D eigenvalue weighted by Gasteiger charge is 2.10. The molecule has 7 nitrogen and oxygen atoms in total. The fraction of sp³-hybridized carbons (Fsp3) is 0.182. The number of para-hydroxylation sites is 2. The zero-order valence-corrected chi connectivity index (χ0v) is 9.70. The zero-order chi connectivity index (χ0) is 13.0. The topological polar surface area (TPSA) is 89.8 Å². The Morgan fingerprint density at radius 3 is 2.78 bits per heavy atom. The van der Waals surface area contributed by atoms with E-state index in [1.807, 2.05) is 0 Å². The molecule has 0 fully saturated rings. The second kappa shape index (κ2) is 5.17. The maximum atomic E-state index is 11.6. The van der Waals surface area contributed by atoms with E-state index < -0.39 is 0 Å². The van der Waals surface area contributed by atoms with Crippen molar-refractivity contribution in [2.75, 3.05) is 5.32 Å². The predicted octanol–water partition coefficient (Wildman–Crippen LogP) is 0.580. The Hall–Kier alpha value is -2.57. The minimum absolute atomic E-state index is 0.149. The number of carbonyl (C=O) groups is 2. The number of tetrazole rings is 1. The van der Waals surface area contributed by atoms with Crippen molar-refractivity contribution in [1.29, 1.82) is 0 Å². The summed E-state index contributed by atoms with van der Waals surface area (Å²) in [7, 11) is 0. The Balaban J connectivity index is 2.23. The van der Waals surface area contributed by atoms with Crippen molar-refractivity contribution in [1.82, 2.24) is 20.2 Å². The van der Waals surface area contributed by atoms with E-state index in [4.69, 9.17) is 0 Å². The van der Waals surface area contributed by atoms with Crippen LogP contribution in [0, 0.1) is 0 Å². The predicted molar refractivity (Wildman–Crippen MR) is 63.1 cm³/mol. The fourth-order valence-corrected chi connectivity index (χ4v) is 1.47. The third-order valence-corrected chi connectivity index (χ3v) is 2.18. The van der Waals surface area contributed by atoms with Gasteiger partial charge in [-0.3, -0.25) is 9.59 Å². The molecule has 0 aliphatic rings. The number of hydrogen-bond donors (Lipinski definition) is 1. The number of rotatable bonds is 4. The molecule has 0 bridgehead atoms. The van der Waals surface area contributed by atoms with Crippen LogP contribution in [-0.4, -0.2) is 31.9 Å². The van der Waals surface area contributed by atoms with Crippen molar-refractivity contribution in [3.8, 4) is 5.69 Å². The van der Waals surface area contributed by atoms with Gasteiger partial charge < -0.3 is 5.32 Å². The molecule has 7 heteroatoms. The third-order valence-electron chi connectivity index (χ3n) is 2.18. The molecule has 18 heavy (non-hydrogen) atoms. The highest BCUT2D eigenvalue weighted by molar-refractivity contribution is 6.04. The zero-order valence-electron chi connectivity index (χ0n) is 9.70. The van der Waals surface area contributed by atoms with Crippen LogP contribution in [0.25, 0.3) is 5.69 Å². The van der Waals surface area contributed by atoms with Crippen LogP contribution >= 0.6 is 0 Å². The molecule has 1 N–H and O–H groups in total. The Morgan fingerprint density at radius 2 is 2.11 bits per heavy atom. The van der Waals surface area contributed by atoms with Crippen LogP contribution in [0.2, 0.25) is 0 Å². The summed E-state index contributed by atoms with van der Waals surface area (Å²) in [6.45, 7) is 1.37. The number of nitrogens with one attached hydrogen (secondary N) is 1. The molecule has 0 atom stereocenters. The van der Waals surface area contributed by atoms with E-state index in [-0.39, 0.29) is 18.1 Å². The number of amides is 1. The smallest absolute Gasteiger partial charge is 0.231 e. The summed E-state index contributed by atoms with van der Waals surface area (Å²) in [5.41, 5.74) is 1.19. The van der Waals surface area contributed by atoms with Crippen molar-refractivity contribution in [2.24, 2.45) is 0 Å². The monoisotopic (exact) mass is 245 g/mol. The van der Waals surface area contributed by atoms with Gasteiger partial charge in [0.05, 0.1) is 17.8 Å². The molecule has 0 spiro atoms. The Kier molecular flexibility index (Phi) is 3.42. The molecule has 0 aliphatic carbocycles. The number of aromatic nitrogens is 4. The van der Waals surface area contributed by atoms with Gasteiger partial charge in [0.1, 0.15) is 12.1 Å². The lowest BCUT2D eigenvalue weighted by atomic mass is 10.2. The van der Waals surface area contributed by atoms with Gasteiger partial charge in [0.2, 0.25) is 5.91 Å². The number of nitrogens with zero attached hydrogens (tertiary/aromatic N) is 4. The molecule has 1 aromatic heterocycles. The first kappa shape index (κ1) is 11.9. The van der Waals surface area contributed by atoms with Crippen LogP contribution in [0.4, 0.5) is 5.69 Å². The first-order valence-electron chi connectivity index (χ1n) is 5.28. The lowest BCUT2D eigenvalue weighted by Gasteiger charge is -2.09. The second-order valence-electron chi connectivity index (χ2n) is 3.70. The first-order chi connectivity index (χ1) is 8.66. The molecule has 2 aromatic rings. The van der Waals surface area contributed by atoms with Crippen molar-refractivity contribution in [2.45, 2.75) is 13.3 Å². The molecule has 92 valence electrons. The summed E-state index contributed by atoms with van der Waals surface area (Å²) in [5.74, 6) is -0.546. The normalized spacial score (nSPS) is 10.1. The van der Waals surface area contributed by atoms with E-state index in [1.165, 1.54) is 17.9 Å². The van der Waals surface area contributed by atoms with Crippen molar-refractivity contribution >= 4 is 17.4 Å². The molecule has 0 saturated carbocycles. The summed E-state index contributed by atoms with van der Waals surface area (Å²) < 4.78 is 1.43. The van der Waals surface area contributed by atoms with Gasteiger partial charge in [0.15, 0.2) is 0 Å². The number of carbonyl (C=O) groups excluding carboxylic acids is 2. The number of ketones is 1. The fourth-order valence-electron chi connectivity index (χ4n) is 1.47.